The average Bonchev–Trinajstić information content (AvgIpc) is 2.65. The summed E-state index contributed by atoms with van der Waals surface area (Å²) in [4.78, 5) is 11.2. The molecule has 0 aromatic carbocycles. The lowest BCUT2D eigenvalue weighted by molar-refractivity contribution is 0.644. The first-order chi connectivity index (χ1) is 6.27. The standard InChI is InChI=1S/C7H8N4OS/c1-10-6(4-8-9-10)5-11-2-3-13-7(11)12/h2-4H,5H2,1H3. The largest absolute Gasteiger partial charge is 0.307 e. The predicted molar refractivity (Wildman–Crippen MR) is 48.7 cm³/mol. The minimum Gasteiger partial charge on any atom is -0.300 e. The summed E-state index contributed by atoms with van der Waals surface area (Å²) < 4.78 is 3.29. The molecule has 0 atom stereocenters. The molecule has 2 aromatic heterocycles. The number of aromatic nitrogens is 4. The molecule has 2 rings (SSSR count). The highest BCUT2D eigenvalue weighted by Crippen LogP contribution is 1.97. The topological polar surface area (TPSA) is 52.7 Å². The van der Waals surface area contributed by atoms with Crippen LogP contribution in [0.3, 0.4) is 0 Å². The molecule has 0 amide bonds. The van der Waals surface area contributed by atoms with Gasteiger partial charge in [0.25, 0.3) is 0 Å². The molecule has 0 saturated heterocycles. The van der Waals surface area contributed by atoms with E-state index in [-0.39, 0.29) is 4.87 Å². The van der Waals surface area contributed by atoms with Gasteiger partial charge >= 0.3 is 4.87 Å². The predicted octanol–water partition coefficient (Wildman–Crippen LogP) is 0.0866. The molecular weight excluding hydrogens is 188 g/mol. The van der Waals surface area contributed by atoms with E-state index in [1.54, 1.807) is 34.1 Å². The fourth-order valence-corrected chi connectivity index (χ4v) is 1.62. The number of thiazole rings is 1. The van der Waals surface area contributed by atoms with Crippen LogP contribution >= 0.6 is 11.3 Å². The maximum atomic E-state index is 11.2. The van der Waals surface area contributed by atoms with Crippen molar-refractivity contribution in [3.05, 3.63) is 33.1 Å². The van der Waals surface area contributed by atoms with Crippen molar-refractivity contribution in [2.24, 2.45) is 7.05 Å². The molecule has 68 valence electrons. The van der Waals surface area contributed by atoms with Gasteiger partial charge < -0.3 is 0 Å². The van der Waals surface area contributed by atoms with Crippen molar-refractivity contribution in [2.75, 3.05) is 0 Å². The van der Waals surface area contributed by atoms with Gasteiger partial charge in [-0.3, -0.25) is 14.0 Å². The third-order valence-corrected chi connectivity index (χ3v) is 2.48. The summed E-state index contributed by atoms with van der Waals surface area (Å²) in [6.07, 6.45) is 3.42. The molecule has 13 heavy (non-hydrogen) atoms. The van der Waals surface area contributed by atoms with Crippen LogP contribution in [0.1, 0.15) is 5.69 Å². The van der Waals surface area contributed by atoms with Crippen molar-refractivity contribution in [3.8, 4) is 0 Å². The molecule has 6 heteroatoms. The minimum atomic E-state index is 0.0428. The van der Waals surface area contributed by atoms with Crippen LogP contribution in [0.2, 0.25) is 0 Å². The molecule has 0 fully saturated rings. The summed E-state index contributed by atoms with van der Waals surface area (Å²) in [5, 5.41) is 9.28. The first kappa shape index (κ1) is 8.18. The van der Waals surface area contributed by atoms with Gasteiger partial charge in [0.15, 0.2) is 0 Å². The van der Waals surface area contributed by atoms with Crippen molar-refractivity contribution in [3.63, 3.8) is 0 Å². The Labute approximate surface area is 78.2 Å². The zero-order valence-corrected chi connectivity index (χ0v) is 7.86. The van der Waals surface area contributed by atoms with Gasteiger partial charge in [0, 0.05) is 18.6 Å². The van der Waals surface area contributed by atoms with Crippen LogP contribution in [0.4, 0.5) is 0 Å². The molecule has 0 saturated carbocycles. The zero-order valence-electron chi connectivity index (χ0n) is 7.04. The van der Waals surface area contributed by atoms with Gasteiger partial charge in [0.05, 0.1) is 18.4 Å². The lowest BCUT2D eigenvalue weighted by Crippen LogP contribution is -2.14. The Balaban J connectivity index is 2.29. The van der Waals surface area contributed by atoms with E-state index < -0.39 is 0 Å². The second-order valence-corrected chi connectivity index (χ2v) is 3.50. The normalized spacial score (nSPS) is 10.5. The molecule has 0 radical (unpaired) electrons. The van der Waals surface area contributed by atoms with Crippen LogP contribution in [0.25, 0.3) is 0 Å². The summed E-state index contributed by atoms with van der Waals surface area (Å²) in [6.45, 7) is 0.534. The van der Waals surface area contributed by atoms with Gasteiger partial charge in [-0.2, -0.15) is 0 Å². The quantitative estimate of drug-likeness (QED) is 0.684. The lowest BCUT2D eigenvalue weighted by atomic mass is 10.4. The van der Waals surface area contributed by atoms with Crippen molar-refractivity contribution >= 4 is 11.3 Å². The molecular formula is C7H8N4OS. The van der Waals surface area contributed by atoms with Gasteiger partial charge in [0.2, 0.25) is 0 Å². The van der Waals surface area contributed by atoms with Crippen molar-refractivity contribution in [1.29, 1.82) is 0 Å². The first-order valence-corrected chi connectivity index (χ1v) is 4.63. The average molecular weight is 196 g/mol. The highest BCUT2D eigenvalue weighted by molar-refractivity contribution is 7.07. The summed E-state index contributed by atoms with van der Waals surface area (Å²) in [7, 11) is 1.81. The van der Waals surface area contributed by atoms with Gasteiger partial charge in [-0.15, -0.1) is 5.10 Å². The number of hydrogen-bond donors (Lipinski definition) is 0. The second-order valence-electron chi connectivity index (χ2n) is 2.65. The molecule has 0 bridgehead atoms. The molecule has 0 aliphatic rings. The maximum absolute atomic E-state index is 11.2. The van der Waals surface area contributed by atoms with Gasteiger partial charge in [-0.05, 0) is 0 Å². The Morgan fingerprint density at radius 1 is 1.62 bits per heavy atom. The van der Waals surface area contributed by atoms with E-state index in [9.17, 15) is 4.79 Å². The Hall–Kier alpha value is -1.43. The zero-order chi connectivity index (χ0) is 9.26. The molecule has 0 N–H and O–H groups in total. The van der Waals surface area contributed by atoms with E-state index in [4.69, 9.17) is 0 Å². The van der Waals surface area contributed by atoms with Crippen LogP contribution in [0.5, 0.6) is 0 Å². The molecule has 5 nitrogen and oxygen atoms in total. The van der Waals surface area contributed by atoms with Crippen LogP contribution < -0.4 is 4.87 Å². The summed E-state index contributed by atoms with van der Waals surface area (Å²) in [5.41, 5.74) is 0.917. The van der Waals surface area contributed by atoms with E-state index in [0.29, 0.717) is 6.54 Å². The Morgan fingerprint density at radius 3 is 3.00 bits per heavy atom. The first-order valence-electron chi connectivity index (χ1n) is 3.75. The summed E-state index contributed by atoms with van der Waals surface area (Å²) in [5.74, 6) is 0. The Kier molecular flexibility index (Phi) is 1.97. The van der Waals surface area contributed by atoms with Crippen LogP contribution in [0, 0.1) is 0 Å². The molecule has 0 aliphatic carbocycles. The highest BCUT2D eigenvalue weighted by atomic mass is 32.1. The smallest absolute Gasteiger partial charge is 0.300 e. The fraction of sp³-hybridized carbons (Fsp3) is 0.286. The summed E-state index contributed by atoms with van der Waals surface area (Å²) >= 11 is 1.19. The number of hydrogen-bond acceptors (Lipinski definition) is 4. The number of rotatable bonds is 2. The molecule has 0 aliphatic heterocycles. The van der Waals surface area contributed by atoms with E-state index in [0.717, 1.165) is 5.69 Å². The Bertz CT molecular complexity index is 455. The molecule has 0 unspecified atom stereocenters. The van der Waals surface area contributed by atoms with E-state index in [2.05, 4.69) is 10.3 Å². The summed E-state index contributed by atoms with van der Waals surface area (Å²) in [6, 6.07) is 0. The third-order valence-electron chi connectivity index (χ3n) is 1.78. The van der Waals surface area contributed by atoms with Crippen molar-refractivity contribution in [1.82, 2.24) is 19.6 Å². The van der Waals surface area contributed by atoms with Gasteiger partial charge in [-0.25, -0.2) is 0 Å². The third kappa shape index (κ3) is 1.52. The fourth-order valence-electron chi connectivity index (χ4n) is 1.04. The SMILES string of the molecule is Cn1nncc1Cn1ccsc1=O. The minimum absolute atomic E-state index is 0.0428. The lowest BCUT2D eigenvalue weighted by Gasteiger charge is -1.99. The van der Waals surface area contributed by atoms with Crippen molar-refractivity contribution in [2.45, 2.75) is 6.54 Å². The molecule has 0 spiro atoms. The van der Waals surface area contributed by atoms with E-state index in [1.807, 2.05) is 0 Å². The van der Waals surface area contributed by atoms with Crippen LogP contribution in [0.15, 0.2) is 22.6 Å². The number of nitrogens with zero attached hydrogens (tertiary/aromatic N) is 4. The van der Waals surface area contributed by atoms with Crippen molar-refractivity contribution < 1.29 is 0 Å². The van der Waals surface area contributed by atoms with Gasteiger partial charge in [-0.1, -0.05) is 16.6 Å². The van der Waals surface area contributed by atoms with Crippen LogP contribution in [-0.2, 0) is 13.6 Å². The maximum Gasteiger partial charge on any atom is 0.307 e. The molecule has 2 heterocycles. The second kappa shape index (κ2) is 3.14. The number of aryl methyl sites for hydroxylation is 1. The van der Waals surface area contributed by atoms with Crippen LogP contribution in [-0.4, -0.2) is 19.6 Å². The Morgan fingerprint density at radius 2 is 2.46 bits per heavy atom. The van der Waals surface area contributed by atoms with E-state index in [1.165, 1.54) is 11.3 Å². The van der Waals surface area contributed by atoms with E-state index >= 15 is 0 Å². The highest BCUT2D eigenvalue weighted by Gasteiger charge is 2.02. The molecule has 2 aromatic rings. The van der Waals surface area contributed by atoms with Gasteiger partial charge in [0.1, 0.15) is 0 Å². The monoisotopic (exact) mass is 196 g/mol.